The van der Waals surface area contributed by atoms with Crippen LogP contribution in [0.2, 0.25) is 0 Å². The number of ether oxygens (including phenoxy) is 2. The molecule has 0 unspecified atom stereocenters. The van der Waals surface area contributed by atoms with E-state index in [1.54, 1.807) is 23.5 Å². The minimum absolute atomic E-state index is 0.269. The molecule has 0 spiro atoms. The first kappa shape index (κ1) is 27.5. The molecule has 2 N–H and O–H groups in total. The molecule has 1 aromatic rings. The van der Waals surface area contributed by atoms with E-state index in [2.05, 4.69) is 10.6 Å². The number of thioether (sulfide) groups is 2. The molecule has 1 heterocycles. The number of methoxy groups -OCH3 is 2. The first-order valence-corrected chi connectivity index (χ1v) is 12.9. The highest BCUT2D eigenvalue weighted by molar-refractivity contribution is 7.98. The lowest BCUT2D eigenvalue weighted by atomic mass is 10.2. The second kappa shape index (κ2) is 15.3. The maximum absolute atomic E-state index is 12.1. The molecule has 8 nitrogen and oxygen atoms in total. The van der Waals surface area contributed by atoms with E-state index in [0.29, 0.717) is 25.9 Å². The van der Waals surface area contributed by atoms with E-state index in [1.807, 2.05) is 43.6 Å². The third-order valence-corrected chi connectivity index (χ3v) is 5.97. The molecule has 0 aromatic carbocycles. The average molecular weight is 473 g/mol. The second-order valence-electron chi connectivity index (χ2n) is 7.18. The van der Waals surface area contributed by atoms with Gasteiger partial charge in [0, 0.05) is 32.9 Å². The molecular weight excluding hydrogens is 436 g/mol. The van der Waals surface area contributed by atoms with Gasteiger partial charge in [-0.15, -0.1) is 0 Å². The Morgan fingerprint density at radius 3 is 1.68 bits per heavy atom. The van der Waals surface area contributed by atoms with Crippen LogP contribution >= 0.6 is 23.5 Å². The molecule has 0 fully saturated rings. The molecule has 0 radical (unpaired) electrons. The normalized spacial score (nSPS) is 12.8. The van der Waals surface area contributed by atoms with Gasteiger partial charge in [0.2, 0.25) is 0 Å². The topological polar surface area (TPSA) is 92.8 Å². The molecule has 0 saturated heterocycles. The van der Waals surface area contributed by atoms with Crippen LogP contribution in [0, 0.1) is 0 Å². The first-order chi connectivity index (χ1) is 14.9. The summed E-state index contributed by atoms with van der Waals surface area (Å²) in [5, 5.41) is 6.54. The van der Waals surface area contributed by atoms with Crippen LogP contribution in [-0.4, -0.2) is 81.3 Å². The lowest BCUT2D eigenvalue weighted by Gasteiger charge is -2.20. The van der Waals surface area contributed by atoms with Gasteiger partial charge in [0.15, 0.2) is 0 Å². The Morgan fingerprint density at radius 2 is 1.35 bits per heavy atom. The van der Waals surface area contributed by atoms with Gasteiger partial charge >= 0.3 is 11.9 Å². The molecule has 10 heteroatoms. The number of carbonyl (C=O) groups excluding carboxylic acids is 2. The number of nitrogens with zero attached hydrogens (tertiary/aromatic N) is 2. The molecule has 31 heavy (non-hydrogen) atoms. The quantitative estimate of drug-likeness (QED) is 0.369. The van der Waals surface area contributed by atoms with Crippen molar-refractivity contribution in [3.8, 4) is 0 Å². The van der Waals surface area contributed by atoms with Crippen molar-refractivity contribution in [3.05, 3.63) is 23.5 Å². The van der Waals surface area contributed by atoms with Gasteiger partial charge in [-0.1, -0.05) is 0 Å². The van der Waals surface area contributed by atoms with E-state index < -0.39 is 0 Å². The molecule has 2 atom stereocenters. The summed E-state index contributed by atoms with van der Waals surface area (Å²) >= 11 is 3.38. The average Bonchev–Trinajstić information content (AvgIpc) is 2.78. The molecule has 0 aliphatic carbocycles. The van der Waals surface area contributed by atoms with Gasteiger partial charge in [-0.3, -0.25) is 25.2 Å². The molecule has 176 valence electrons. The number of aromatic nitrogens is 1. The zero-order chi connectivity index (χ0) is 23.2. The Bertz CT molecular complexity index is 641. The number of carbonyl (C=O) groups is 2. The van der Waals surface area contributed by atoms with Crippen molar-refractivity contribution in [3.63, 3.8) is 0 Å². The SMILES string of the molecule is COC(=O)[C@H](CCSC)NCc1cc(N(C)C)cc(CN[C@@H](CCSC)C(=O)OC)n1. The van der Waals surface area contributed by atoms with Crippen LogP contribution < -0.4 is 15.5 Å². The largest absolute Gasteiger partial charge is 0.468 e. The van der Waals surface area contributed by atoms with E-state index >= 15 is 0 Å². The predicted octanol–water partition coefficient (Wildman–Crippen LogP) is 1.92. The van der Waals surface area contributed by atoms with Gasteiger partial charge in [-0.05, 0) is 49.0 Å². The Morgan fingerprint density at radius 1 is 0.935 bits per heavy atom. The van der Waals surface area contributed by atoms with Crippen LogP contribution in [0.1, 0.15) is 24.2 Å². The predicted molar refractivity (Wildman–Crippen MR) is 130 cm³/mol. The van der Waals surface area contributed by atoms with Crippen molar-refractivity contribution >= 4 is 41.1 Å². The van der Waals surface area contributed by atoms with E-state index in [9.17, 15) is 9.59 Å². The number of anilines is 1. The summed E-state index contributed by atoms with van der Waals surface area (Å²) in [6.07, 6.45) is 5.39. The maximum Gasteiger partial charge on any atom is 0.322 e. The summed E-state index contributed by atoms with van der Waals surface area (Å²) in [4.78, 5) is 30.8. The summed E-state index contributed by atoms with van der Waals surface area (Å²) in [7, 11) is 6.74. The van der Waals surface area contributed by atoms with E-state index in [-0.39, 0.29) is 24.0 Å². The Hall–Kier alpha value is -1.49. The number of rotatable bonds is 15. The fourth-order valence-electron chi connectivity index (χ4n) is 2.89. The number of hydrogen-bond donors (Lipinski definition) is 2. The first-order valence-electron chi connectivity index (χ1n) is 10.1. The Labute approximate surface area is 194 Å². The van der Waals surface area contributed by atoms with E-state index in [1.165, 1.54) is 14.2 Å². The van der Waals surface area contributed by atoms with Gasteiger partial charge < -0.3 is 14.4 Å². The van der Waals surface area contributed by atoms with E-state index in [0.717, 1.165) is 28.6 Å². The van der Waals surface area contributed by atoms with Crippen molar-refractivity contribution in [2.45, 2.75) is 38.0 Å². The molecular formula is C21H36N4O4S2. The van der Waals surface area contributed by atoms with Gasteiger partial charge in [0.25, 0.3) is 0 Å². The van der Waals surface area contributed by atoms with Crippen LogP contribution in [0.3, 0.4) is 0 Å². The molecule has 1 aromatic heterocycles. The summed E-state index contributed by atoms with van der Waals surface area (Å²) in [6.45, 7) is 0.880. The van der Waals surface area contributed by atoms with Crippen molar-refractivity contribution in [1.82, 2.24) is 15.6 Å². The molecule has 0 aliphatic rings. The van der Waals surface area contributed by atoms with Gasteiger partial charge in [-0.2, -0.15) is 23.5 Å². The summed E-state index contributed by atoms with van der Waals surface area (Å²) in [5.74, 6) is 1.18. The van der Waals surface area contributed by atoms with Crippen LogP contribution in [0.5, 0.6) is 0 Å². The van der Waals surface area contributed by atoms with Crippen molar-refractivity contribution in [1.29, 1.82) is 0 Å². The monoisotopic (exact) mass is 472 g/mol. The third-order valence-electron chi connectivity index (χ3n) is 4.68. The van der Waals surface area contributed by atoms with Crippen LogP contribution in [-0.2, 0) is 32.2 Å². The fraction of sp³-hybridized carbons (Fsp3) is 0.667. The van der Waals surface area contributed by atoms with Crippen LogP contribution in [0.25, 0.3) is 0 Å². The Balaban J connectivity index is 2.92. The maximum atomic E-state index is 12.1. The fourth-order valence-corrected chi connectivity index (χ4v) is 3.83. The Kier molecular flexibility index (Phi) is 13.6. The summed E-state index contributed by atoms with van der Waals surface area (Å²) in [6, 6.07) is 3.23. The highest BCUT2D eigenvalue weighted by atomic mass is 32.2. The lowest BCUT2D eigenvalue weighted by Crippen LogP contribution is -2.38. The van der Waals surface area contributed by atoms with Crippen molar-refractivity contribution < 1.29 is 19.1 Å². The molecule has 0 amide bonds. The van der Waals surface area contributed by atoms with Gasteiger partial charge in [-0.25, -0.2) is 0 Å². The smallest absolute Gasteiger partial charge is 0.322 e. The van der Waals surface area contributed by atoms with Crippen molar-refractivity contribution in [2.24, 2.45) is 0 Å². The molecule has 0 saturated carbocycles. The van der Waals surface area contributed by atoms with Crippen LogP contribution in [0.4, 0.5) is 5.69 Å². The van der Waals surface area contributed by atoms with Gasteiger partial charge in [0.1, 0.15) is 12.1 Å². The lowest BCUT2D eigenvalue weighted by molar-refractivity contribution is -0.144. The molecule has 0 bridgehead atoms. The molecule has 1 rings (SSSR count). The highest BCUT2D eigenvalue weighted by Gasteiger charge is 2.20. The zero-order valence-electron chi connectivity index (χ0n) is 19.4. The number of hydrogen-bond acceptors (Lipinski definition) is 10. The van der Waals surface area contributed by atoms with Crippen molar-refractivity contribution in [2.75, 3.05) is 57.2 Å². The third kappa shape index (κ3) is 10.1. The summed E-state index contributed by atoms with van der Waals surface area (Å²) in [5.41, 5.74) is 2.64. The zero-order valence-corrected chi connectivity index (χ0v) is 21.0. The second-order valence-corrected chi connectivity index (χ2v) is 9.15. The standard InChI is InChI=1S/C21H36N4O4S2/c1-25(2)17-11-15(13-22-18(7-9-30-5)20(26)28-3)24-16(12-17)14-23-19(8-10-31-6)21(27)29-4/h11-12,18-19,22-23H,7-10,13-14H2,1-6H3/t18-,19-/m0/s1. The minimum Gasteiger partial charge on any atom is -0.468 e. The highest BCUT2D eigenvalue weighted by Crippen LogP contribution is 2.16. The number of esters is 2. The summed E-state index contributed by atoms with van der Waals surface area (Å²) < 4.78 is 9.84. The van der Waals surface area contributed by atoms with E-state index in [4.69, 9.17) is 14.5 Å². The van der Waals surface area contributed by atoms with Crippen LogP contribution in [0.15, 0.2) is 12.1 Å². The minimum atomic E-state index is -0.376. The number of pyridine rings is 1. The van der Waals surface area contributed by atoms with Gasteiger partial charge in [0.05, 0.1) is 25.6 Å². The molecule has 0 aliphatic heterocycles. The number of nitrogens with one attached hydrogen (secondary N) is 2.